The van der Waals surface area contributed by atoms with Gasteiger partial charge in [-0.2, -0.15) is 0 Å². The molecule has 1 aliphatic rings. The third kappa shape index (κ3) is 0.579. The third-order valence-corrected chi connectivity index (χ3v) is 1.18. The van der Waals surface area contributed by atoms with Crippen LogP contribution in [0.2, 0.25) is 0 Å². The van der Waals surface area contributed by atoms with E-state index >= 15 is 0 Å². The summed E-state index contributed by atoms with van der Waals surface area (Å²) < 4.78 is 1.72. The van der Waals surface area contributed by atoms with E-state index < -0.39 is 0 Å². The van der Waals surface area contributed by atoms with Gasteiger partial charge in [0.25, 0.3) is 6.34 Å². The van der Waals surface area contributed by atoms with Crippen molar-refractivity contribution in [2.24, 2.45) is 5.10 Å². The second-order valence-electron chi connectivity index (χ2n) is 1.76. The van der Waals surface area contributed by atoms with E-state index in [1.807, 2.05) is 24.4 Å². The molecule has 1 aromatic rings. The summed E-state index contributed by atoms with van der Waals surface area (Å²) in [6, 6.07) is 5.76. The van der Waals surface area contributed by atoms with E-state index in [1.54, 1.807) is 4.68 Å². The van der Waals surface area contributed by atoms with Gasteiger partial charge in [-0.3, -0.25) is 0 Å². The summed E-state index contributed by atoms with van der Waals surface area (Å²) in [5.41, 5.74) is 0. The average molecular weight is 119 g/mol. The monoisotopic (exact) mass is 119 g/mol. The molecule has 3 heteroatoms. The summed E-state index contributed by atoms with van der Waals surface area (Å²) >= 11 is 0. The molecule has 0 bridgehead atoms. The van der Waals surface area contributed by atoms with Crippen molar-refractivity contribution in [3.63, 3.8) is 0 Å². The van der Waals surface area contributed by atoms with Gasteiger partial charge in [-0.05, 0) is 16.5 Å². The SMILES string of the molecule is C1=N[n+]2ccccc2[N]1. The molecule has 0 fully saturated rings. The van der Waals surface area contributed by atoms with Crippen LogP contribution in [-0.2, 0) is 0 Å². The first-order valence-electron chi connectivity index (χ1n) is 2.71. The molecular formula is C6H5N3+. The van der Waals surface area contributed by atoms with Gasteiger partial charge in [0.1, 0.15) is 6.20 Å². The minimum atomic E-state index is 0.887. The molecule has 0 spiro atoms. The van der Waals surface area contributed by atoms with E-state index in [2.05, 4.69) is 10.4 Å². The third-order valence-electron chi connectivity index (χ3n) is 1.18. The topological polar surface area (TPSA) is 30.3 Å². The molecule has 43 valence electrons. The van der Waals surface area contributed by atoms with Gasteiger partial charge < -0.3 is 0 Å². The Bertz CT molecular complexity index is 254. The van der Waals surface area contributed by atoms with E-state index in [0.29, 0.717) is 0 Å². The van der Waals surface area contributed by atoms with Gasteiger partial charge in [0.2, 0.25) is 0 Å². The number of fused-ring (bicyclic) bond motifs is 1. The lowest BCUT2D eigenvalue weighted by Gasteiger charge is -1.82. The van der Waals surface area contributed by atoms with Crippen LogP contribution in [0.1, 0.15) is 0 Å². The van der Waals surface area contributed by atoms with Crippen LogP contribution in [-0.4, -0.2) is 6.34 Å². The highest BCUT2D eigenvalue weighted by molar-refractivity contribution is 5.61. The van der Waals surface area contributed by atoms with Gasteiger partial charge in [-0.25, -0.2) is 0 Å². The molecule has 0 aromatic carbocycles. The fraction of sp³-hybridized carbons (Fsp3) is 0. The zero-order valence-corrected chi connectivity index (χ0v) is 4.73. The smallest absolute Gasteiger partial charge is 0.0980 e. The van der Waals surface area contributed by atoms with Crippen LogP contribution in [0.3, 0.4) is 0 Å². The highest BCUT2D eigenvalue weighted by atomic mass is 15.4. The minimum Gasteiger partial charge on any atom is -0.0980 e. The Morgan fingerprint density at radius 3 is 3.22 bits per heavy atom. The van der Waals surface area contributed by atoms with Crippen LogP contribution < -0.4 is 9.99 Å². The van der Waals surface area contributed by atoms with Crippen molar-refractivity contribution in [3.05, 3.63) is 24.4 Å². The van der Waals surface area contributed by atoms with Crippen molar-refractivity contribution in [1.29, 1.82) is 0 Å². The van der Waals surface area contributed by atoms with Gasteiger partial charge >= 0.3 is 5.82 Å². The Kier molecular flexibility index (Phi) is 0.773. The first kappa shape index (κ1) is 4.49. The molecule has 0 saturated carbocycles. The molecule has 1 aliphatic heterocycles. The average Bonchev–Trinajstić information content (AvgIpc) is 2.33. The first-order chi connectivity index (χ1) is 4.47. The fourth-order valence-corrected chi connectivity index (χ4v) is 0.766. The lowest BCUT2D eigenvalue weighted by atomic mass is 10.5. The van der Waals surface area contributed by atoms with Crippen molar-refractivity contribution in [2.75, 3.05) is 0 Å². The van der Waals surface area contributed by atoms with Crippen molar-refractivity contribution >= 4 is 12.2 Å². The normalized spacial score (nSPS) is 12.9. The number of pyridine rings is 1. The molecule has 0 amide bonds. The summed E-state index contributed by atoms with van der Waals surface area (Å²) in [5, 5.41) is 7.89. The number of hydrogen-bond donors (Lipinski definition) is 0. The number of rotatable bonds is 0. The lowest BCUT2D eigenvalue weighted by Crippen LogP contribution is -2.24. The summed E-state index contributed by atoms with van der Waals surface area (Å²) in [4.78, 5) is 0. The van der Waals surface area contributed by atoms with Crippen LogP contribution >= 0.6 is 0 Å². The maximum atomic E-state index is 3.97. The second-order valence-corrected chi connectivity index (χ2v) is 1.76. The quantitative estimate of drug-likeness (QED) is 0.431. The number of nitrogens with zero attached hydrogens (tertiary/aromatic N) is 3. The van der Waals surface area contributed by atoms with Crippen LogP contribution in [0.25, 0.3) is 0 Å². The Labute approximate surface area is 52.6 Å². The molecule has 0 unspecified atom stereocenters. The van der Waals surface area contributed by atoms with Crippen LogP contribution in [0.15, 0.2) is 29.5 Å². The van der Waals surface area contributed by atoms with Gasteiger partial charge in [0.05, 0.1) is 0 Å². The molecule has 0 aliphatic carbocycles. The Balaban J connectivity index is 2.63. The highest BCUT2D eigenvalue weighted by Gasteiger charge is 2.14. The zero-order chi connectivity index (χ0) is 6.10. The highest BCUT2D eigenvalue weighted by Crippen LogP contribution is 1.99. The zero-order valence-electron chi connectivity index (χ0n) is 4.73. The van der Waals surface area contributed by atoms with Crippen molar-refractivity contribution in [3.8, 4) is 0 Å². The molecule has 0 N–H and O–H groups in total. The Morgan fingerprint density at radius 1 is 1.33 bits per heavy atom. The fourth-order valence-electron chi connectivity index (χ4n) is 0.766. The first-order valence-corrected chi connectivity index (χ1v) is 2.71. The minimum absolute atomic E-state index is 0.887. The second kappa shape index (κ2) is 1.55. The molecule has 9 heavy (non-hydrogen) atoms. The van der Waals surface area contributed by atoms with Gasteiger partial charge in [0.15, 0.2) is 0 Å². The molecule has 1 radical (unpaired) electrons. The van der Waals surface area contributed by atoms with Crippen LogP contribution in [0.4, 0.5) is 5.82 Å². The summed E-state index contributed by atoms with van der Waals surface area (Å²) in [6.07, 6.45) is 3.40. The van der Waals surface area contributed by atoms with Gasteiger partial charge in [-0.15, -0.1) is 0 Å². The predicted molar refractivity (Wildman–Crippen MR) is 32.3 cm³/mol. The number of aromatic nitrogens is 1. The molecular weight excluding hydrogens is 114 g/mol. The number of hydrogen-bond acceptors (Lipinski definition) is 1. The molecule has 0 saturated heterocycles. The summed E-state index contributed by atoms with van der Waals surface area (Å²) in [6.45, 7) is 0. The molecule has 0 atom stereocenters. The van der Waals surface area contributed by atoms with Gasteiger partial charge in [-0.1, -0.05) is 10.7 Å². The molecule has 3 nitrogen and oxygen atoms in total. The van der Waals surface area contributed by atoms with E-state index in [9.17, 15) is 0 Å². The maximum absolute atomic E-state index is 3.97. The van der Waals surface area contributed by atoms with E-state index in [-0.39, 0.29) is 0 Å². The predicted octanol–water partition coefficient (Wildman–Crippen LogP) is 0.0150. The maximum Gasteiger partial charge on any atom is 0.350 e. The van der Waals surface area contributed by atoms with Crippen molar-refractivity contribution in [1.82, 2.24) is 5.32 Å². The van der Waals surface area contributed by atoms with E-state index in [0.717, 1.165) is 5.82 Å². The van der Waals surface area contributed by atoms with Crippen LogP contribution in [0, 0.1) is 0 Å². The largest absolute Gasteiger partial charge is 0.350 e. The van der Waals surface area contributed by atoms with Crippen molar-refractivity contribution in [2.45, 2.75) is 0 Å². The Morgan fingerprint density at radius 2 is 2.33 bits per heavy atom. The summed E-state index contributed by atoms with van der Waals surface area (Å²) in [5.74, 6) is 0.887. The van der Waals surface area contributed by atoms with Gasteiger partial charge in [0, 0.05) is 6.07 Å². The van der Waals surface area contributed by atoms with E-state index in [4.69, 9.17) is 0 Å². The molecule has 1 aromatic heterocycles. The lowest BCUT2D eigenvalue weighted by molar-refractivity contribution is -0.661. The van der Waals surface area contributed by atoms with E-state index in [1.165, 1.54) is 6.34 Å². The van der Waals surface area contributed by atoms with Crippen molar-refractivity contribution < 1.29 is 4.68 Å². The van der Waals surface area contributed by atoms with Crippen LogP contribution in [0.5, 0.6) is 0 Å². The molecule has 2 heterocycles. The molecule has 2 rings (SSSR count). The Hall–Kier alpha value is -1.38. The standard InChI is InChI=1S/C6H5N3/c1-2-4-9-6(3-1)7-5-8-9/h1-5H/q+1. The summed E-state index contributed by atoms with van der Waals surface area (Å²) in [7, 11) is 0.